The number of anilines is 1. The first-order valence-corrected chi connectivity index (χ1v) is 11.1. The summed E-state index contributed by atoms with van der Waals surface area (Å²) in [6, 6.07) is 20.1. The number of rotatable bonds is 7. The van der Waals surface area contributed by atoms with E-state index in [9.17, 15) is 18.8 Å². The summed E-state index contributed by atoms with van der Waals surface area (Å²) < 4.78 is 21.7. The van der Waals surface area contributed by atoms with E-state index in [-0.39, 0.29) is 24.6 Å². The third-order valence-electron chi connectivity index (χ3n) is 5.65. The highest BCUT2D eigenvalue weighted by Gasteiger charge is 2.33. The van der Waals surface area contributed by atoms with Crippen LogP contribution in [0.25, 0.3) is 16.7 Å². The first-order chi connectivity index (χ1) is 17.5. The Morgan fingerprint density at radius 1 is 1.06 bits per heavy atom. The van der Waals surface area contributed by atoms with Gasteiger partial charge >= 0.3 is 6.09 Å². The Morgan fingerprint density at radius 3 is 2.64 bits per heavy atom. The molecule has 3 aromatic carbocycles. The second kappa shape index (κ2) is 9.79. The van der Waals surface area contributed by atoms with Crippen LogP contribution in [0.2, 0.25) is 0 Å². The van der Waals surface area contributed by atoms with Gasteiger partial charge in [0.25, 0.3) is 0 Å². The van der Waals surface area contributed by atoms with Gasteiger partial charge in [-0.05, 0) is 36.4 Å². The summed E-state index contributed by atoms with van der Waals surface area (Å²) in [5.41, 5.74) is 2.26. The fraction of sp³-hybridized carbons (Fsp3) is 0.115. The van der Waals surface area contributed by atoms with Crippen LogP contribution in [0, 0.1) is 5.82 Å². The number of benzene rings is 3. The minimum absolute atomic E-state index is 0.0381. The number of allylic oxidation sites excluding steroid dienone is 1. The molecule has 0 radical (unpaired) electrons. The predicted octanol–water partition coefficient (Wildman–Crippen LogP) is 3.44. The lowest BCUT2D eigenvalue weighted by molar-refractivity contribution is -0.116. The summed E-state index contributed by atoms with van der Waals surface area (Å²) in [6.07, 6.45) is 1.02. The first-order valence-electron chi connectivity index (χ1n) is 11.1. The third kappa shape index (κ3) is 4.69. The van der Waals surface area contributed by atoms with E-state index in [1.807, 2.05) is 12.1 Å². The van der Waals surface area contributed by atoms with Crippen LogP contribution in [0.4, 0.5) is 14.9 Å². The molecule has 1 aliphatic heterocycles. The maximum absolute atomic E-state index is 15.0. The van der Waals surface area contributed by atoms with Gasteiger partial charge < -0.3 is 10.1 Å². The number of aromatic nitrogens is 3. The van der Waals surface area contributed by atoms with Crippen LogP contribution in [-0.4, -0.2) is 52.0 Å². The Bertz CT molecular complexity index is 1480. The predicted molar refractivity (Wildman–Crippen MR) is 129 cm³/mol. The molecule has 0 saturated carbocycles. The van der Waals surface area contributed by atoms with Crippen molar-refractivity contribution in [2.45, 2.75) is 6.10 Å². The van der Waals surface area contributed by atoms with Gasteiger partial charge in [0.2, 0.25) is 5.91 Å². The summed E-state index contributed by atoms with van der Waals surface area (Å²) in [6.45, 7) is 0.160. The average Bonchev–Trinajstić information content (AvgIpc) is 3.50. The van der Waals surface area contributed by atoms with E-state index in [1.54, 1.807) is 48.5 Å². The summed E-state index contributed by atoms with van der Waals surface area (Å²) in [4.78, 5) is 37.8. The van der Waals surface area contributed by atoms with Crippen molar-refractivity contribution in [1.29, 1.82) is 0 Å². The summed E-state index contributed by atoms with van der Waals surface area (Å²) in [7, 11) is 0. The average molecular weight is 485 g/mol. The van der Waals surface area contributed by atoms with E-state index in [4.69, 9.17) is 4.74 Å². The van der Waals surface area contributed by atoms with Crippen LogP contribution < -0.4 is 10.2 Å². The molecule has 36 heavy (non-hydrogen) atoms. The van der Waals surface area contributed by atoms with E-state index >= 15 is 0 Å². The molecule has 2 amide bonds. The summed E-state index contributed by atoms with van der Waals surface area (Å²) in [5.74, 6) is -1.38. The molecule has 2 heterocycles. The normalized spacial score (nSPS) is 15.4. The van der Waals surface area contributed by atoms with Gasteiger partial charge in [-0.2, -0.15) is 0 Å². The molecular formula is C26H20FN5O4. The van der Waals surface area contributed by atoms with Crippen molar-refractivity contribution in [1.82, 2.24) is 20.3 Å². The van der Waals surface area contributed by atoms with Gasteiger partial charge in [0.1, 0.15) is 17.3 Å². The van der Waals surface area contributed by atoms with E-state index in [1.165, 1.54) is 27.8 Å². The summed E-state index contributed by atoms with van der Waals surface area (Å²) in [5, 5.41) is 10.7. The van der Waals surface area contributed by atoms with Crippen molar-refractivity contribution in [3.63, 3.8) is 0 Å². The molecule has 0 aliphatic carbocycles. The minimum Gasteiger partial charge on any atom is -0.442 e. The van der Waals surface area contributed by atoms with Crippen LogP contribution in [0.5, 0.6) is 0 Å². The van der Waals surface area contributed by atoms with Crippen LogP contribution in [0.3, 0.4) is 0 Å². The number of hydrogen-bond donors (Lipinski definition) is 1. The molecule has 1 saturated heterocycles. The van der Waals surface area contributed by atoms with Crippen LogP contribution in [0.1, 0.15) is 10.4 Å². The molecule has 1 N–H and O–H groups in total. The molecule has 5 rings (SSSR count). The maximum Gasteiger partial charge on any atom is 0.414 e. The van der Waals surface area contributed by atoms with Crippen molar-refractivity contribution in [2.75, 3.05) is 18.0 Å². The number of nitrogens with zero attached hydrogens (tertiary/aromatic N) is 4. The highest BCUT2D eigenvalue weighted by molar-refractivity contribution is 6.07. The number of hydrogen-bond acceptors (Lipinski definition) is 6. The van der Waals surface area contributed by atoms with Crippen molar-refractivity contribution in [3.05, 3.63) is 96.3 Å². The monoisotopic (exact) mass is 485 g/mol. The van der Waals surface area contributed by atoms with E-state index in [0.717, 1.165) is 6.08 Å². The van der Waals surface area contributed by atoms with Crippen LogP contribution in [-0.2, 0) is 9.53 Å². The Labute approximate surface area is 204 Å². The number of carbonyl (C=O) groups is 3. The number of cyclic esters (lactones) is 1. The molecule has 1 atom stereocenters. The number of para-hydroxylation sites is 1. The fourth-order valence-electron chi connectivity index (χ4n) is 3.84. The molecular weight excluding hydrogens is 465 g/mol. The van der Waals surface area contributed by atoms with E-state index < -0.39 is 23.9 Å². The Hall–Kier alpha value is -4.86. The largest absolute Gasteiger partial charge is 0.442 e. The molecule has 9 nitrogen and oxygen atoms in total. The minimum atomic E-state index is -0.651. The maximum atomic E-state index is 15.0. The van der Waals surface area contributed by atoms with Gasteiger partial charge in [0.05, 0.1) is 24.3 Å². The van der Waals surface area contributed by atoms with Crippen molar-refractivity contribution < 1.29 is 23.5 Å². The smallest absolute Gasteiger partial charge is 0.414 e. The lowest BCUT2D eigenvalue weighted by Gasteiger charge is -2.14. The van der Waals surface area contributed by atoms with Crippen LogP contribution in [0.15, 0.2) is 84.9 Å². The summed E-state index contributed by atoms with van der Waals surface area (Å²) >= 11 is 0. The van der Waals surface area contributed by atoms with Crippen molar-refractivity contribution in [3.8, 4) is 5.69 Å². The Morgan fingerprint density at radius 2 is 1.83 bits per heavy atom. The standard InChI is InChI=1S/C26H20FN5O4/c27-20-14-18(10-11-22(20)32-23-9-5-4-8-21(23)29-30-32)31-16-19(36-26(31)35)15-28-25(34)13-12-24(33)17-6-2-1-3-7-17/h1-14,19H,15-16H2,(H,28,34). The van der Waals surface area contributed by atoms with Crippen molar-refractivity contribution in [2.24, 2.45) is 0 Å². The van der Waals surface area contributed by atoms with Crippen molar-refractivity contribution >= 4 is 34.5 Å². The van der Waals surface area contributed by atoms with Gasteiger partial charge in [-0.15, -0.1) is 5.10 Å². The molecule has 4 aromatic rings. The molecule has 180 valence electrons. The Balaban J connectivity index is 1.20. The van der Waals surface area contributed by atoms with Crippen LogP contribution >= 0.6 is 0 Å². The zero-order valence-electron chi connectivity index (χ0n) is 18.9. The zero-order chi connectivity index (χ0) is 25.1. The van der Waals surface area contributed by atoms with Gasteiger partial charge in [-0.1, -0.05) is 47.7 Å². The molecule has 1 aromatic heterocycles. The quantitative estimate of drug-likeness (QED) is 0.318. The SMILES string of the molecule is O=C(C=CC(=O)c1ccccc1)NCC1CN(c2ccc(-n3nnc4ccccc43)c(F)c2)C(=O)O1. The number of ether oxygens (including phenoxy) is 1. The van der Waals surface area contributed by atoms with Gasteiger partial charge in [0, 0.05) is 11.6 Å². The first kappa shape index (κ1) is 22.9. The highest BCUT2D eigenvalue weighted by atomic mass is 19.1. The third-order valence-corrected chi connectivity index (χ3v) is 5.65. The molecule has 1 unspecified atom stereocenters. The topological polar surface area (TPSA) is 106 Å². The number of fused-ring (bicyclic) bond motifs is 1. The molecule has 0 bridgehead atoms. The molecule has 10 heteroatoms. The lowest BCUT2D eigenvalue weighted by Crippen LogP contribution is -2.33. The number of amides is 2. The number of ketones is 1. The van der Waals surface area contributed by atoms with E-state index in [2.05, 4.69) is 15.6 Å². The molecule has 1 aliphatic rings. The van der Waals surface area contributed by atoms with Gasteiger partial charge in [0.15, 0.2) is 11.6 Å². The lowest BCUT2D eigenvalue weighted by atomic mass is 10.1. The second-order valence-corrected chi connectivity index (χ2v) is 8.05. The second-order valence-electron chi connectivity index (χ2n) is 8.05. The number of carbonyl (C=O) groups excluding carboxylic acids is 3. The van der Waals surface area contributed by atoms with E-state index in [0.29, 0.717) is 22.3 Å². The Kier molecular flexibility index (Phi) is 6.23. The number of halogens is 1. The molecule has 1 fully saturated rings. The van der Waals surface area contributed by atoms with Gasteiger partial charge in [-0.25, -0.2) is 13.9 Å². The molecule has 0 spiro atoms. The zero-order valence-corrected chi connectivity index (χ0v) is 18.9. The fourth-order valence-corrected chi connectivity index (χ4v) is 3.84. The van der Waals surface area contributed by atoms with Gasteiger partial charge in [-0.3, -0.25) is 14.5 Å². The number of nitrogens with one attached hydrogen (secondary N) is 1. The highest BCUT2D eigenvalue weighted by Crippen LogP contribution is 2.26.